The monoisotopic (exact) mass is 392 g/mol. The standard InChI is InChI=1S/C23H36O5/c1-13(24)23(27)20(26)12-19-17-6-5-15-11-16(28-14(2)25)7-9-21(15,3)18(17)8-10-22(19,23)4/h15-20,26-27H,5-12H2,1-4H3/t15-,16+,17+,18-,19-,20-,21-,22-,23-/m0/s1. The summed E-state index contributed by atoms with van der Waals surface area (Å²) in [6, 6.07) is 0. The van der Waals surface area contributed by atoms with E-state index in [2.05, 4.69) is 6.92 Å². The molecule has 0 bridgehead atoms. The molecule has 9 atom stereocenters. The zero-order chi connectivity index (χ0) is 20.5. The number of rotatable bonds is 2. The molecular formula is C23H36O5. The van der Waals surface area contributed by atoms with Crippen molar-refractivity contribution < 1.29 is 24.5 Å². The Balaban J connectivity index is 1.59. The van der Waals surface area contributed by atoms with Crippen LogP contribution in [0.2, 0.25) is 0 Å². The summed E-state index contributed by atoms with van der Waals surface area (Å²) >= 11 is 0. The topological polar surface area (TPSA) is 83.8 Å². The molecule has 0 radical (unpaired) electrons. The zero-order valence-corrected chi connectivity index (χ0v) is 17.7. The van der Waals surface area contributed by atoms with Gasteiger partial charge < -0.3 is 14.9 Å². The van der Waals surface area contributed by atoms with Crippen LogP contribution in [0, 0.1) is 34.5 Å². The molecule has 4 aliphatic carbocycles. The van der Waals surface area contributed by atoms with Gasteiger partial charge in [0, 0.05) is 12.3 Å². The van der Waals surface area contributed by atoms with Crippen molar-refractivity contribution in [2.24, 2.45) is 34.5 Å². The van der Waals surface area contributed by atoms with E-state index in [-0.39, 0.29) is 29.2 Å². The Labute approximate surface area is 168 Å². The molecule has 0 spiro atoms. The van der Waals surface area contributed by atoms with Gasteiger partial charge in [-0.2, -0.15) is 0 Å². The van der Waals surface area contributed by atoms with E-state index in [4.69, 9.17) is 4.74 Å². The van der Waals surface area contributed by atoms with Crippen molar-refractivity contribution in [3.8, 4) is 0 Å². The summed E-state index contributed by atoms with van der Waals surface area (Å²) in [5, 5.41) is 21.9. The lowest BCUT2D eigenvalue weighted by molar-refractivity contribution is -0.183. The minimum atomic E-state index is -1.60. The predicted octanol–water partition coefficient (Wildman–Crippen LogP) is 3.25. The predicted molar refractivity (Wildman–Crippen MR) is 104 cm³/mol. The van der Waals surface area contributed by atoms with Gasteiger partial charge in [0.05, 0.1) is 6.10 Å². The summed E-state index contributed by atoms with van der Waals surface area (Å²) in [5.41, 5.74) is -1.91. The summed E-state index contributed by atoms with van der Waals surface area (Å²) in [4.78, 5) is 23.8. The van der Waals surface area contributed by atoms with E-state index >= 15 is 0 Å². The van der Waals surface area contributed by atoms with Gasteiger partial charge in [-0.05, 0) is 87.4 Å². The van der Waals surface area contributed by atoms with Gasteiger partial charge in [-0.1, -0.05) is 13.8 Å². The molecular weight excluding hydrogens is 356 g/mol. The van der Waals surface area contributed by atoms with E-state index in [0.717, 1.165) is 44.9 Å². The quantitative estimate of drug-likeness (QED) is 0.705. The molecule has 0 aliphatic heterocycles. The number of hydrogen-bond acceptors (Lipinski definition) is 5. The Morgan fingerprint density at radius 3 is 2.32 bits per heavy atom. The molecule has 0 aromatic rings. The van der Waals surface area contributed by atoms with Gasteiger partial charge in [0.25, 0.3) is 0 Å². The Morgan fingerprint density at radius 2 is 1.68 bits per heavy atom. The number of Topliss-reactive ketones (excluding diaryl/α,β-unsaturated/α-hetero) is 1. The fourth-order valence-corrected chi connectivity index (χ4v) is 8.22. The number of aliphatic hydroxyl groups is 2. The van der Waals surface area contributed by atoms with Crippen LogP contribution in [0.3, 0.4) is 0 Å². The lowest BCUT2D eigenvalue weighted by atomic mass is 9.44. The van der Waals surface area contributed by atoms with Crippen LogP contribution in [0.15, 0.2) is 0 Å². The molecule has 28 heavy (non-hydrogen) atoms. The first-order valence-electron chi connectivity index (χ1n) is 11.1. The molecule has 4 saturated carbocycles. The maximum absolute atomic E-state index is 12.4. The number of esters is 1. The highest BCUT2D eigenvalue weighted by Crippen LogP contribution is 2.68. The van der Waals surface area contributed by atoms with Gasteiger partial charge in [-0.3, -0.25) is 9.59 Å². The Bertz CT molecular complexity index is 676. The summed E-state index contributed by atoms with van der Waals surface area (Å²) in [6.07, 6.45) is 6.58. The van der Waals surface area contributed by atoms with E-state index < -0.39 is 17.1 Å². The first-order chi connectivity index (χ1) is 13.0. The fraction of sp³-hybridized carbons (Fsp3) is 0.913. The first kappa shape index (κ1) is 20.3. The molecule has 5 heteroatoms. The van der Waals surface area contributed by atoms with Crippen molar-refractivity contribution >= 4 is 11.8 Å². The van der Waals surface area contributed by atoms with Crippen molar-refractivity contribution in [3.05, 3.63) is 0 Å². The maximum Gasteiger partial charge on any atom is 0.302 e. The molecule has 4 fully saturated rings. The number of carbonyl (C=O) groups excluding carboxylic acids is 2. The number of aliphatic hydroxyl groups excluding tert-OH is 1. The first-order valence-corrected chi connectivity index (χ1v) is 11.1. The molecule has 0 aromatic heterocycles. The zero-order valence-electron chi connectivity index (χ0n) is 17.7. The highest BCUT2D eigenvalue weighted by molar-refractivity contribution is 5.87. The minimum Gasteiger partial charge on any atom is -0.463 e. The third-order valence-electron chi connectivity index (χ3n) is 9.71. The van der Waals surface area contributed by atoms with Crippen molar-refractivity contribution in [1.29, 1.82) is 0 Å². The van der Waals surface area contributed by atoms with Crippen molar-refractivity contribution in [2.75, 3.05) is 0 Å². The molecule has 4 rings (SSSR count). The summed E-state index contributed by atoms with van der Waals surface area (Å²) < 4.78 is 5.53. The smallest absolute Gasteiger partial charge is 0.302 e. The van der Waals surface area contributed by atoms with Crippen LogP contribution < -0.4 is 0 Å². The van der Waals surface area contributed by atoms with Crippen molar-refractivity contribution in [3.63, 3.8) is 0 Å². The van der Waals surface area contributed by atoms with Gasteiger partial charge in [-0.25, -0.2) is 0 Å². The molecule has 2 N–H and O–H groups in total. The van der Waals surface area contributed by atoms with Crippen LogP contribution in [0.1, 0.15) is 79.1 Å². The number of hydrogen-bond donors (Lipinski definition) is 2. The molecule has 5 nitrogen and oxygen atoms in total. The van der Waals surface area contributed by atoms with Crippen LogP contribution in [0.4, 0.5) is 0 Å². The molecule has 158 valence electrons. The average molecular weight is 393 g/mol. The van der Waals surface area contributed by atoms with Crippen LogP contribution in [-0.2, 0) is 14.3 Å². The molecule has 4 aliphatic rings. The molecule has 0 saturated heterocycles. The summed E-state index contributed by atoms with van der Waals surface area (Å²) in [5.74, 6) is 1.30. The van der Waals surface area contributed by atoms with Gasteiger partial charge in [0.1, 0.15) is 6.10 Å². The van der Waals surface area contributed by atoms with Crippen molar-refractivity contribution in [1.82, 2.24) is 0 Å². The van der Waals surface area contributed by atoms with Crippen LogP contribution >= 0.6 is 0 Å². The number of carbonyl (C=O) groups is 2. The van der Waals surface area contributed by atoms with Gasteiger partial charge in [0.2, 0.25) is 0 Å². The Morgan fingerprint density at radius 1 is 0.964 bits per heavy atom. The van der Waals surface area contributed by atoms with Crippen LogP contribution in [-0.4, -0.2) is 39.8 Å². The third kappa shape index (κ3) is 2.57. The van der Waals surface area contributed by atoms with E-state index in [9.17, 15) is 19.8 Å². The average Bonchev–Trinajstić information content (AvgIpc) is 2.83. The molecule has 0 aromatic carbocycles. The molecule has 0 unspecified atom stereocenters. The van der Waals surface area contributed by atoms with Crippen LogP contribution in [0.25, 0.3) is 0 Å². The second kappa shape index (κ2) is 6.53. The van der Waals surface area contributed by atoms with Gasteiger partial charge >= 0.3 is 5.97 Å². The minimum absolute atomic E-state index is 0.0529. The Hall–Kier alpha value is -0.940. The van der Waals surface area contributed by atoms with E-state index in [1.807, 2.05) is 6.92 Å². The Kier molecular flexibility index (Phi) is 4.74. The summed E-state index contributed by atoms with van der Waals surface area (Å²) in [6.45, 7) is 7.38. The highest BCUT2D eigenvalue weighted by atomic mass is 16.5. The number of ketones is 1. The lowest BCUT2D eigenvalue weighted by Crippen LogP contribution is -2.60. The van der Waals surface area contributed by atoms with Crippen LogP contribution in [0.5, 0.6) is 0 Å². The number of ether oxygens (including phenoxy) is 1. The summed E-state index contributed by atoms with van der Waals surface area (Å²) in [7, 11) is 0. The fourth-order valence-electron chi connectivity index (χ4n) is 8.22. The van der Waals surface area contributed by atoms with Gasteiger partial charge in [0.15, 0.2) is 11.4 Å². The number of fused-ring (bicyclic) bond motifs is 5. The van der Waals surface area contributed by atoms with E-state index in [1.165, 1.54) is 13.8 Å². The maximum atomic E-state index is 12.4. The van der Waals surface area contributed by atoms with E-state index in [1.54, 1.807) is 0 Å². The van der Waals surface area contributed by atoms with Crippen molar-refractivity contribution in [2.45, 2.75) is 96.9 Å². The second-order valence-corrected chi connectivity index (χ2v) is 10.7. The molecule has 0 heterocycles. The third-order valence-corrected chi connectivity index (χ3v) is 9.71. The highest BCUT2D eigenvalue weighted by Gasteiger charge is 2.69. The second-order valence-electron chi connectivity index (χ2n) is 10.7. The van der Waals surface area contributed by atoms with E-state index in [0.29, 0.717) is 24.2 Å². The lowest BCUT2D eigenvalue weighted by Gasteiger charge is -2.61. The van der Waals surface area contributed by atoms with Gasteiger partial charge in [-0.15, -0.1) is 0 Å². The molecule has 0 amide bonds. The normalized spacial score (nSPS) is 52.9. The largest absolute Gasteiger partial charge is 0.463 e. The SMILES string of the molecule is CC(=O)O[C@@H]1CC[C@@]2(C)[C@@H](CC[C@@H]3[C@@H]2CC[C@@]2(C)[C@H]3C[C@H](O)[C@@]2(O)C(C)=O)C1.